The van der Waals surface area contributed by atoms with E-state index in [9.17, 15) is 0 Å². The van der Waals surface area contributed by atoms with E-state index in [-0.39, 0.29) is 4.08 Å². The van der Waals surface area contributed by atoms with Gasteiger partial charge in [0, 0.05) is 16.4 Å². The molecular weight excluding hydrogens is 350 g/mol. The van der Waals surface area contributed by atoms with Gasteiger partial charge in [0.15, 0.2) is 0 Å². The number of aromatic nitrogens is 1. The van der Waals surface area contributed by atoms with E-state index in [1.54, 1.807) is 0 Å². The lowest BCUT2D eigenvalue weighted by molar-refractivity contribution is 1.04. The Labute approximate surface area is 136 Å². The second kappa shape index (κ2) is 6.46. The van der Waals surface area contributed by atoms with Gasteiger partial charge in [-0.25, -0.2) is 0 Å². The van der Waals surface area contributed by atoms with Crippen LogP contribution in [0.2, 0.25) is 0 Å². The van der Waals surface area contributed by atoms with Crippen molar-refractivity contribution in [3.8, 4) is 0 Å². The maximum atomic E-state index is 3.52. The summed E-state index contributed by atoms with van der Waals surface area (Å²) in [5.74, 6) is 2.44. The maximum Gasteiger partial charge on any atom is 0.105 e. The Morgan fingerprint density at radius 1 is 1.10 bits per heavy atom. The number of benzene rings is 1. The summed E-state index contributed by atoms with van der Waals surface area (Å²) in [6.07, 6.45) is 7.81. The number of thioether (sulfide) groups is 2. The van der Waals surface area contributed by atoms with E-state index in [1.807, 2.05) is 35.8 Å². The molecule has 0 saturated carbocycles. The Bertz CT molecular complexity index is 569. The fourth-order valence-electron chi connectivity index (χ4n) is 2.24. The molecule has 0 radical (unpaired) electrons. The molecule has 1 aliphatic heterocycles. The van der Waals surface area contributed by atoms with Crippen molar-refractivity contribution in [2.24, 2.45) is 0 Å². The fraction of sp³-hybridized carbons (Fsp3) is 0.250. The zero-order valence-corrected chi connectivity index (χ0v) is 14.2. The normalized spacial score (nSPS) is 18.4. The molecular formula is C16H16BrNS2. The van der Waals surface area contributed by atoms with Gasteiger partial charge in [-0.1, -0.05) is 34.1 Å². The monoisotopic (exact) mass is 365 g/mol. The Kier molecular flexibility index (Phi) is 4.64. The SMILES string of the molecule is Brc1ccc(C2(C=Cc3ccc[nH]3)SCCCS2)cc1. The van der Waals surface area contributed by atoms with Gasteiger partial charge in [0.1, 0.15) is 4.08 Å². The molecule has 104 valence electrons. The van der Waals surface area contributed by atoms with Gasteiger partial charge in [-0.2, -0.15) is 0 Å². The minimum absolute atomic E-state index is 0.0457. The largest absolute Gasteiger partial charge is 0.362 e. The lowest BCUT2D eigenvalue weighted by Crippen LogP contribution is -2.20. The first-order chi connectivity index (χ1) is 9.78. The molecule has 0 aliphatic carbocycles. The summed E-state index contributed by atoms with van der Waals surface area (Å²) in [4.78, 5) is 3.24. The van der Waals surface area contributed by atoms with Crippen LogP contribution in [0.25, 0.3) is 6.08 Å². The molecule has 0 spiro atoms. The van der Waals surface area contributed by atoms with E-state index in [1.165, 1.54) is 23.5 Å². The summed E-state index contributed by atoms with van der Waals surface area (Å²) in [7, 11) is 0. The van der Waals surface area contributed by atoms with E-state index in [0.29, 0.717) is 0 Å². The van der Waals surface area contributed by atoms with Crippen molar-refractivity contribution in [1.82, 2.24) is 4.98 Å². The highest BCUT2D eigenvalue weighted by Gasteiger charge is 2.32. The van der Waals surface area contributed by atoms with Crippen LogP contribution in [0.1, 0.15) is 17.7 Å². The molecule has 1 aromatic heterocycles. The molecule has 4 heteroatoms. The molecule has 2 aromatic rings. The quantitative estimate of drug-likeness (QED) is 0.770. The molecule has 2 heterocycles. The van der Waals surface area contributed by atoms with E-state index < -0.39 is 0 Å². The Morgan fingerprint density at radius 2 is 1.85 bits per heavy atom. The van der Waals surface area contributed by atoms with Gasteiger partial charge in [0.2, 0.25) is 0 Å². The van der Waals surface area contributed by atoms with Crippen LogP contribution in [0, 0.1) is 0 Å². The minimum Gasteiger partial charge on any atom is -0.362 e. The van der Waals surface area contributed by atoms with Gasteiger partial charge < -0.3 is 4.98 Å². The average molecular weight is 366 g/mol. The van der Waals surface area contributed by atoms with E-state index >= 15 is 0 Å². The predicted octanol–water partition coefficient (Wildman–Crippen LogP) is 5.51. The van der Waals surface area contributed by atoms with Crippen molar-refractivity contribution >= 4 is 45.5 Å². The number of rotatable bonds is 3. The minimum atomic E-state index is 0.0457. The number of hydrogen-bond donors (Lipinski definition) is 1. The highest BCUT2D eigenvalue weighted by atomic mass is 79.9. The summed E-state index contributed by atoms with van der Waals surface area (Å²) in [6.45, 7) is 0. The molecule has 0 unspecified atom stereocenters. The first-order valence-electron chi connectivity index (χ1n) is 6.65. The first-order valence-corrected chi connectivity index (χ1v) is 9.41. The maximum absolute atomic E-state index is 3.52. The third kappa shape index (κ3) is 3.18. The van der Waals surface area contributed by atoms with Crippen LogP contribution in [0.4, 0.5) is 0 Å². The van der Waals surface area contributed by atoms with Crippen LogP contribution in [0.15, 0.2) is 53.1 Å². The van der Waals surface area contributed by atoms with Crippen LogP contribution in [-0.4, -0.2) is 16.5 Å². The molecule has 1 N–H and O–H groups in total. The number of hydrogen-bond acceptors (Lipinski definition) is 2. The molecule has 0 amide bonds. The van der Waals surface area contributed by atoms with Crippen LogP contribution in [-0.2, 0) is 4.08 Å². The van der Waals surface area contributed by atoms with Crippen LogP contribution >= 0.6 is 39.5 Å². The summed E-state index contributed by atoms with van der Waals surface area (Å²) < 4.78 is 1.18. The number of halogens is 1. The van der Waals surface area contributed by atoms with Gasteiger partial charge in [-0.15, -0.1) is 23.5 Å². The predicted molar refractivity (Wildman–Crippen MR) is 95.2 cm³/mol. The van der Waals surface area contributed by atoms with Crippen molar-refractivity contribution in [3.63, 3.8) is 0 Å². The lowest BCUT2D eigenvalue weighted by atomic mass is 10.1. The molecule has 0 bridgehead atoms. The summed E-state index contributed by atoms with van der Waals surface area (Å²) in [5.41, 5.74) is 2.53. The van der Waals surface area contributed by atoms with Gasteiger partial charge in [0.05, 0.1) is 0 Å². The average Bonchev–Trinajstić information content (AvgIpc) is 3.00. The second-order valence-corrected chi connectivity index (χ2v) is 8.54. The van der Waals surface area contributed by atoms with E-state index in [2.05, 4.69) is 63.4 Å². The van der Waals surface area contributed by atoms with Crippen LogP contribution in [0.3, 0.4) is 0 Å². The van der Waals surface area contributed by atoms with E-state index in [4.69, 9.17) is 0 Å². The topological polar surface area (TPSA) is 15.8 Å². The molecule has 1 nitrogen and oxygen atoms in total. The molecule has 20 heavy (non-hydrogen) atoms. The van der Waals surface area contributed by atoms with Gasteiger partial charge in [-0.3, -0.25) is 0 Å². The van der Waals surface area contributed by atoms with Crippen molar-refractivity contribution in [3.05, 3.63) is 64.4 Å². The molecule has 1 aromatic carbocycles. The standard InChI is InChI=1S/C16H16BrNS2/c17-14-6-4-13(5-7-14)16(19-11-2-12-20-16)9-8-15-3-1-10-18-15/h1,3-10,18H,2,11-12H2. The molecule has 3 rings (SSSR count). The first kappa shape index (κ1) is 14.4. The molecule has 1 fully saturated rings. The fourth-order valence-corrected chi connectivity index (χ4v) is 5.64. The number of aromatic amines is 1. The van der Waals surface area contributed by atoms with Gasteiger partial charge >= 0.3 is 0 Å². The van der Waals surface area contributed by atoms with E-state index in [0.717, 1.165) is 10.2 Å². The smallest absolute Gasteiger partial charge is 0.105 e. The lowest BCUT2D eigenvalue weighted by Gasteiger charge is -2.34. The zero-order valence-electron chi connectivity index (χ0n) is 11.0. The molecule has 0 atom stereocenters. The number of H-pyrrole nitrogens is 1. The van der Waals surface area contributed by atoms with Crippen LogP contribution < -0.4 is 0 Å². The van der Waals surface area contributed by atoms with Crippen molar-refractivity contribution in [2.75, 3.05) is 11.5 Å². The summed E-state index contributed by atoms with van der Waals surface area (Å²) in [5, 5.41) is 0. The second-order valence-electron chi connectivity index (χ2n) is 4.68. The third-order valence-corrected chi connectivity index (χ3v) is 7.10. The van der Waals surface area contributed by atoms with Gasteiger partial charge in [0.25, 0.3) is 0 Å². The Morgan fingerprint density at radius 3 is 2.50 bits per heavy atom. The molecule has 1 saturated heterocycles. The highest BCUT2D eigenvalue weighted by Crippen LogP contribution is 2.51. The number of nitrogens with one attached hydrogen (secondary N) is 1. The highest BCUT2D eigenvalue weighted by molar-refractivity contribution is 9.10. The molecule has 1 aliphatic rings. The Balaban J connectivity index is 1.93. The summed E-state index contributed by atoms with van der Waals surface area (Å²) >= 11 is 7.60. The van der Waals surface area contributed by atoms with Crippen molar-refractivity contribution in [1.29, 1.82) is 0 Å². The van der Waals surface area contributed by atoms with Crippen LogP contribution in [0.5, 0.6) is 0 Å². The van der Waals surface area contributed by atoms with Crippen molar-refractivity contribution < 1.29 is 0 Å². The zero-order chi connectivity index (χ0) is 13.8. The van der Waals surface area contributed by atoms with Gasteiger partial charge in [-0.05, 0) is 53.8 Å². The van der Waals surface area contributed by atoms with Crippen molar-refractivity contribution in [2.45, 2.75) is 10.5 Å². The summed E-state index contributed by atoms with van der Waals surface area (Å²) in [6, 6.07) is 12.9. The Hall–Kier alpha value is -0.580. The third-order valence-electron chi connectivity index (χ3n) is 3.27.